The van der Waals surface area contributed by atoms with Gasteiger partial charge in [-0.15, -0.1) is 0 Å². The van der Waals surface area contributed by atoms with Crippen molar-refractivity contribution in [3.63, 3.8) is 0 Å². The van der Waals surface area contributed by atoms with E-state index in [2.05, 4.69) is 26.0 Å². The summed E-state index contributed by atoms with van der Waals surface area (Å²) in [5.41, 5.74) is 9.82. The lowest BCUT2D eigenvalue weighted by Gasteiger charge is -2.16. The van der Waals surface area contributed by atoms with Crippen LogP contribution in [0.4, 0.5) is 5.69 Å². The zero-order valence-electron chi connectivity index (χ0n) is 11.0. The molecule has 2 nitrogen and oxygen atoms in total. The van der Waals surface area contributed by atoms with Crippen LogP contribution in [0.1, 0.15) is 19.4 Å². The molecule has 0 spiro atoms. The number of nitrogens with two attached hydrogens (primary N) is 1. The van der Waals surface area contributed by atoms with E-state index < -0.39 is 0 Å². The summed E-state index contributed by atoms with van der Waals surface area (Å²) in [5, 5.41) is 0.592. The largest absolute Gasteiger partial charge is 0.487 e. The highest BCUT2D eigenvalue weighted by molar-refractivity contribution is 6.33. The maximum atomic E-state index is 5.95. The summed E-state index contributed by atoms with van der Waals surface area (Å²) in [6, 6.07) is 12.0. The Labute approximate surface area is 118 Å². The molecule has 0 radical (unpaired) electrons. The molecular weight excluding hydrogens is 258 g/mol. The third-order valence-corrected chi connectivity index (χ3v) is 3.74. The number of nitrogen functional groups attached to an aromatic ring is 1. The molecule has 2 N–H and O–H groups in total. The highest BCUT2D eigenvalue weighted by Gasteiger charge is 2.29. The van der Waals surface area contributed by atoms with Gasteiger partial charge in [-0.25, -0.2) is 0 Å². The van der Waals surface area contributed by atoms with E-state index in [1.54, 1.807) is 0 Å². The predicted molar refractivity (Wildman–Crippen MR) is 79.7 cm³/mol. The molecule has 0 atom stereocenters. The molecule has 19 heavy (non-hydrogen) atoms. The van der Waals surface area contributed by atoms with Gasteiger partial charge in [0.15, 0.2) is 0 Å². The Bertz CT molecular complexity index is 649. The summed E-state index contributed by atoms with van der Waals surface area (Å²) in [7, 11) is 0. The molecule has 0 aromatic heterocycles. The fourth-order valence-corrected chi connectivity index (χ4v) is 2.63. The van der Waals surface area contributed by atoms with Gasteiger partial charge in [-0.05, 0) is 54.8 Å². The van der Waals surface area contributed by atoms with E-state index in [0.29, 0.717) is 10.7 Å². The van der Waals surface area contributed by atoms with Crippen LogP contribution in [-0.4, -0.2) is 5.60 Å². The molecule has 1 aliphatic heterocycles. The molecule has 0 saturated carbocycles. The Morgan fingerprint density at radius 3 is 2.53 bits per heavy atom. The normalized spacial score (nSPS) is 15.9. The molecular formula is C16H16ClNO. The standard InChI is InChI=1S/C16H16ClNO/c1-16(2)9-12-7-10(4-6-15(12)19-16)11-3-5-13(17)14(18)8-11/h3-8H,9,18H2,1-2H3. The highest BCUT2D eigenvalue weighted by atomic mass is 35.5. The maximum absolute atomic E-state index is 5.95. The molecule has 2 aromatic rings. The molecule has 2 aromatic carbocycles. The van der Waals surface area contributed by atoms with Crippen molar-refractivity contribution < 1.29 is 4.74 Å². The molecule has 0 bridgehead atoms. The van der Waals surface area contributed by atoms with Gasteiger partial charge in [0.1, 0.15) is 11.4 Å². The van der Waals surface area contributed by atoms with Crippen LogP contribution in [0.15, 0.2) is 36.4 Å². The quantitative estimate of drug-likeness (QED) is 0.786. The Hall–Kier alpha value is -1.67. The number of fused-ring (bicyclic) bond motifs is 1. The molecule has 3 heteroatoms. The summed E-state index contributed by atoms with van der Waals surface area (Å²) in [6.07, 6.45) is 0.930. The van der Waals surface area contributed by atoms with Crippen LogP contribution in [0.2, 0.25) is 5.02 Å². The molecule has 3 rings (SSSR count). The van der Waals surface area contributed by atoms with Crippen molar-refractivity contribution >= 4 is 17.3 Å². The third-order valence-electron chi connectivity index (χ3n) is 3.39. The minimum absolute atomic E-state index is 0.111. The van der Waals surface area contributed by atoms with Gasteiger partial charge >= 0.3 is 0 Å². The molecule has 0 saturated heterocycles. The first kappa shape index (κ1) is 12.4. The van der Waals surface area contributed by atoms with Gasteiger partial charge in [-0.2, -0.15) is 0 Å². The minimum atomic E-state index is -0.111. The number of anilines is 1. The summed E-state index contributed by atoms with van der Waals surface area (Å²) >= 11 is 5.95. The average Bonchev–Trinajstić information content (AvgIpc) is 2.65. The van der Waals surface area contributed by atoms with Gasteiger partial charge < -0.3 is 10.5 Å². The van der Waals surface area contributed by atoms with E-state index in [-0.39, 0.29) is 5.60 Å². The first-order valence-corrected chi connectivity index (χ1v) is 6.70. The predicted octanol–water partition coefficient (Wildman–Crippen LogP) is 4.30. The van der Waals surface area contributed by atoms with Crippen molar-refractivity contribution in [1.29, 1.82) is 0 Å². The summed E-state index contributed by atoms with van der Waals surface area (Å²) in [4.78, 5) is 0. The smallest absolute Gasteiger partial charge is 0.123 e. The highest BCUT2D eigenvalue weighted by Crippen LogP contribution is 2.37. The molecule has 0 unspecified atom stereocenters. The second-order valence-corrected chi connectivity index (χ2v) is 6.00. The average molecular weight is 274 g/mol. The Kier molecular flexibility index (Phi) is 2.72. The van der Waals surface area contributed by atoms with Crippen molar-refractivity contribution in [2.75, 3.05) is 5.73 Å². The maximum Gasteiger partial charge on any atom is 0.123 e. The van der Waals surface area contributed by atoms with Crippen molar-refractivity contribution in [2.24, 2.45) is 0 Å². The van der Waals surface area contributed by atoms with Crippen molar-refractivity contribution in [3.8, 4) is 16.9 Å². The monoisotopic (exact) mass is 273 g/mol. The van der Waals surface area contributed by atoms with E-state index in [1.165, 1.54) is 5.56 Å². The van der Waals surface area contributed by atoms with E-state index >= 15 is 0 Å². The molecule has 0 amide bonds. The lowest BCUT2D eigenvalue weighted by atomic mass is 9.97. The van der Waals surface area contributed by atoms with Gasteiger partial charge in [-0.3, -0.25) is 0 Å². The molecule has 0 fully saturated rings. The van der Waals surface area contributed by atoms with Gasteiger partial charge in [0, 0.05) is 6.42 Å². The van der Waals surface area contributed by atoms with Crippen LogP contribution < -0.4 is 10.5 Å². The topological polar surface area (TPSA) is 35.2 Å². The van der Waals surface area contributed by atoms with E-state index in [0.717, 1.165) is 23.3 Å². The lowest BCUT2D eigenvalue weighted by molar-refractivity contribution is 0.138. The van der Waals surface area contributed by atoms with Crippen LogP contribution in [0.25, 0.3) is 11.1 Å². The van der Waals surface area contributed by atoms with E-state index in [1.807, 2.05) is 24.3 Å². The first-order valence-electron chi connectivity index (χ1n) is 6.32. The van der Waals surface area contributed by atoms with Crippen LogP contribution >= 0.6 is 11.6 Å². The van der Waals surface area contributed by atoms with Gasteiger partial charge in [0.25, 0.3) is 0 Å². The van der Waals surface area contributed by atoms with Crippen LogP contribution in [0.3, 0.4) is 0 Å². The number of ether oxygens (including phenoxy) is 1. The van der Waals surface area contributed by atoms with E-state index in [4.69, 9.17) is 22.1 Å². The van der Waals surface area contributed by atoms with Crippen molar-refractivity contribution in [2.45, 2.75) is 25.9 Å². The molecule has 1 aliphatic rings. The van der Waals surface area contributed by atoms with Crippen LogP contribution in [0.5, 0.6) is 5.75 Å². The fraction of sp³-hybridized carbons (Fsp3) is 0.250. The number of hydrogen-bond donors (Lipinski definition) is 1. The molecule has 1 heterocycles. The van der Waals surface area contributed by atoms with Crippen molar-refractivity contribution in [1.82, 2.24) is 0 Å². The zero-order chi connectivity index (χ0) is 13.6. The van der Waals surface area contributed by atoms with E-state index in [9.17, 15) is 0 Å². The minimum Gasteiger partial charge on any atom is -0.487 e. The van der Waals surface area contributed by atoms with Crippen LogP contribution in [0, 0.1) is 0 Å². The number of hydrogen-bond acceptors (Lipinski definition) is 2. The Balaban J connectivity index is 2.02. The number of halogens is 1. The number of benzene rings is 2. The van der Waals surface area contributed by atoms with Gasteiger partial charge in [0.05, 0.1) is 10.7 Å². The van der Waals surface area contributed by atoms with Crippen LogP contribution in [-0.2, 0) is 6.42 Å². The second-order valence-electron chi connectivity index (χ2n) is 5.60. The summed E-state index contributed by atoms with van der Waals surface area (Å²) in [6.45, 7) is 4.21. The number of rotatable bonds is 1. The lowest BCUT2D eigenvalue weighted by Crippen LogP contribution is -2.24. The van der Waals surface area contributed by atoms with Gasteiger partial charge in [0.2, 0.25) is 0 Å². The molecule has 98 valence electrons. The van der Waals surface area contributed by atoms with Crippen molar-refractivity contribution in [3.05, 3.63) is 47.0 Å². The zero-order valence-corrected chi connectivity index (χ0v) is 11.8. The summed E-state index contributed by atoms with van der Waals surface area (Å²) < 4.78 is 5.88. The second kappa shape index (κ2) is 4.17. The summed E-state index contributed by atoms with van der Waals surface area (Å²) in [5.74, 6) is 0.982. The Morgan fingerprint density at radius 2 is 1.79 bits per heavy atom. The SMILES string of the molecule is CC1(C)Cc2cc(-c3ccc(Cl)c(N)c3)ccc2O1. The molecule has 0 aliphatic carbocycles. The fourth-order valence-electron chi connectivity index (χ4n) is 2.51. The Morgan fingerprint density at radius 1 is 1.11 bits per heavy atom. The third kappa shape index (κ3) is 2.28. The van der Waals surface area contributed by atoms with Gasteiger partial charge in [-0.1, -0.05) is 23.7 Å². The first-order chi connectivity index (χ1) is 8.94.